The lowest BCUT2D eigenvalue weighted by Gasteiger charge is -2.10. The number of benzene rings is 2. The first kappa shape index (κ1) is 18.6. The summed E-state index contributed by atoms with van der Waals surface area (Å²) < 4.78 is 11.0. The average Bonchev–Trinajstić information content (AvgIpc) is 2.64. The van der Waals surface area contributed by atoms with Gasteiger partial charge in [-0.1, -0.05) is 50.1 Å². The highest BCUT2D eigenvalue weighted by Gasteiger charge is 2.13. The van der Waals surface area contributed by atoms with Gasteiger partial charge in [0, 0.05) is 5.56 Å². The van der Waals surface area contributed by atoms with Gasteiger partial charge in [-0.05, 0) is 36.3 Å². The van der Waals surface area contributed by atoms with Crippen LogP contribution in [0.25, 0.3) is 11.6 Å². The van der Waals surface area contributed by atoms with E-state index in [9.17, 15) is 9.90 Å². The maximum Gasteiger partial charge on any atom is 0.336 e. The van der Waals surface area contributed by atoms with E-state index in [1.165, 1.54) is 0 Å². The summed E-state index contributed by atoms with van der Waals surface area (Å²) in [7, 11) is 1.56. The number of carboxylic acid groups (broad SMARTS) is 1. The van der Waals surface area contributed by atoms with Gasteiger partial charge in [0.15, 0.2) is 0 Å². The molecule has 0 unspecified atom stereocenters. The Morgan fingerprint density at radius 1 is 1.12 bits per heavy atom. The molecule has 0 saturated carbocycles. The van der Waals surface area contributed by atoms with E-state index in [1.807, 2.05) is 24.3 Å². The number of aliphatic carboxylic acids is 1. The molecular weight excluding hydrogens is 316 g/mol. The summed E-state index contributed by atoms with van der Waals surface area (Å²) in [6, 6.07) is 14.5. The van der Waals surface area contributed by atoms with Crippen molar-refractivity contribution in [1.82, 2.24) is 0 Å². The van der Waals surface area contributed by atoms with Crippen LogP contribution in [0.3, 0.4) is 0 Å². The summed E-state index contributed by atoms with van der Waals surface area (Å²) in [5.41, 5.74) is 1.54. The third kappa shape index (κ3) is 5.38. The van der Waals surface area contributed by atoms with E-state index in [0.717, 1.165) is 24.8 Å². The Morgan fingerprint density at radius 3 is 2.64 bits per heavy atom. The minimum Gasteiger partial charge on any atom is -0.497 e. The molecule has 2 rings (SSSR count). The number of methoxy groups -OCH3 is 1. The minimum absolute atomic E-state index is 0.198. The monoisotopic (exact) mass is 340 g/mol. The Labute approximate surface area is 148 Å². The first-order valence-corrected chi connectivity index (χ1v) is 8.47. The predicted octanol–water partition coefficient (Wildman–Crippen LogP) is 4.89. The zero-order chi connectivity index (χ0) is 18.1. The minimum atomic E-state index is -0.992. The van der Waals surface area contributed by atoms with Crippen LogP contribution in [0, 0.1) is 0 Å². The molecule has 0 heterocycles. The Kier molecular flexibility index (Phi) is 7.08. The van der Waals surface area contributed by atoms with Crippen molar-refractivity contribution in [3.8, 4) is 11.5 Å². The molecule has 0 bridgehead atoms. The Hall–Kier alpha value is -2.75. The van der Waals surface area contributed by atoms with Gasteiger partial charge in [0.1, 0.15) is 11.5 Å². The predicted molar refractivity (Wildman–Crippen MR) is 100.0 cm³/mol. The Morgan fingerprint density at radius 2 is 1.92 bits per heavy atom. The number of hydrogen-bond donors (Lipinski definition) is 1. The van der Waals surface area contributed by atoms with Crippen LogP contribution in [0.15, 0.2) is 48.5 Å². The van der Waals surface area contributed by atoms with Gasteiger partial charge in [0.05, 0.1) is 19.3 Å². The van der Waals surface area contributed by atoms with E-state index in [-0.39, 0.29) is 5.57 Å². The normalized spacial score (nSPS) is 11.2. The van der Waals surface area contributed by atoms with Crippen LogP contribution >= 0.6 is 0 Å². The standard InChI is InChI=1S/C21H24O4/c1-3-4-7-13-25-20-12-6-5-9-17(20)15-19(21(22)23)16-10-8-11-18(14-16)24-2/h5-6,8-12,14-15H,3-4,7,13H2,1-2H3,(H,22,23)/b19-15-. The van der Waals surface area contributed by atoms with Crippen LogP contribution in [0.5, 0.6) is 11.5 Å². The van der Waals surface area contributed by atoms with E-state index >= 15 is 0 Å². The lowest BCUT2D eigenvalue weighted by Crippen LogP contribution is -2.02. The molecule has 0 aliphatic heterocycles. The molecule has 1 N–H and O–H groups in total. The maximum atomic E-state index is 11.8. The van der Waals surface area contributed by atoms with Gasteiger partial charge in [0.25, 0.3) is 0 Å². The fourth-order valence-electron chi connectivity index (χ4n) is 2.48. The SMILES string of the molecule is CCCCCOc1ccccc1/C=C(\C(=O)O)c1cccc(OC)c1. The molecule has 0 atom stereocenters. The van der Waals surface area contributed by atoms with E-state index in [2.05, 4.69) is 6.92 Å². The molecule has 0 fully saturated rings. The van der Waals surface area contributed by atoms with Crippen molar-refractivity contribution in [3.63, 3.8) is 0 Å². The van der Waals surface area contributed by atoms with Crippen molar-refractivity contribution in [2.75, 3.05) is 13.7 Å². The molecule has 4 nitrogen and oxygen atoms in total. The second-order valence-electron chi connectivity index (χ2n) is 5.69. The summed E-state index contributed by atoms with van der Waals surface area (Å²) >= 11 is 0. The second kappa shape index (κ2) is 9.52. The number of ether oxygens (including phenoxy) is 2. The Balaban J connectivity index is 2.32. The lowest BCUT2D eigenvalue weighted by atomic mass is 10.0. The van der Waals surface area contributed by atoms with Crippen LogP contribution < -0.4 is 9.47 Å². The number of carboxylic acids is 1. The van der Waals surface area contributed by atoms with Crippen molar-refractivity contribution >= 4 is 17.6 Å². The van der Waals surface area contributed by atoms with Crippen LogP contribution in [0.2, 0.25) is 0 Å². The number of carbonyl (C=O) groups is 1. The summed E-state index contributed by atoms with van der Waals surface area (Å²) in [6.07, 6.45) is 4.87. The van der Waals surface area contributed by atoms with Gasteiger partial charge in [-0.3, -0.25) is 0 Å². The molecular formula is C21H24O4. The zero-order valence-corrected chi connectivity index (χ0v) is 14.7. The van der Waals surface area contributed by atoms with Crippen LogP contribution in [-0.4, -0.2) is 24.8 Å². The zero-order valence-electron chi connectivity index (χ0n) is 14.7. The fourth-order valence-corrected chi connectivity index (χ4v) is 2.48. The topological polar surface area (TPSA) is 55.8 Å². The molecule has 0 aliphatic rings. The van der Waals surface area contributed by atoms with Gasteiger partial charge in [-0.2, -0.15) is 0 Å². The van der Waals surface area contributed by atoms with Crippen molar-refractivity contribution < 1.29 is 19.4 Å². The van der Waals surface area contributed by atoms with Crippen molar-refractivity contribution in [1.29, 1.82) is 0 Å². The van der Waals surface area contributed by atoms with Gasteiger partial charge < -0.3 is 14.6 Å². The molecule has 2 aromatic carbocycles. The highest BCUT2D eigenvalue weighted by molar-refractivity contribution is 6.20. The van der Waals surface area contributed by atoms with E-state index in [4.69, 9.17) is 9.47 Å². The van der Waals surface area contributed by atoms with Crippen LogP contribution in [0.1, 0.15) is 37.3 Å². The van der Waals surface area contributed by atoms with Crippen LogP contribution in [-0.2, 0) is 4.79 Å². The molecule has 2 aromatic rings. The number of rotatable bonds is 9. The summed E-state index contributed by atoms with van der Waals surface area (Å²) in [6.45, 7) is 2.77. The highest BCUT2D eigenvalue weighted by Crippen LogP contribution is 2.27. The molecule has 0 saturated heterocycles. The number of para-hydroxylation sites is 1. The largest absolute Gasteiger partial charge is 0.497 e. The van der Waals surface area contributed by atoms with Crippen LogP contribution in [0.4, 0.5) is 0 Å². The lowest BCUT2D eigenvalue weighted by molar-refractivity contribution is -0.130. The smallest absolute Gasteiger partial charge is 0.336 e. The highest BCUT2D eigenvalue weighted by atomic mass is 16.5. The Bertz CT molecular complexity index is 734. The molecule has 0 amide bonds. The number of hydrogen-bond acceptors (Lipinski definition) is 3. The molecule has 0 spiro atoms. The van der Waals surface area contributed by atoms with Gasteiger partial charge >= 0.3 is 5.97 Å². The third-order valence-corrected chi connectivity index (χ3v) is 3.84. The van der Waals surface area contributed by atoms with E-state index in [0.29, 0.717) is 23.7 Å². The summed E-state index contributed by atoms with van der Waals surface area (Å²) in [5.74, 6) is 0.322. The number of unbranched alkanes of at least 4 members (excludes halogenated alkanes) is 2. The molecule has 4 heteroatoms. The molecule has 132 valence electrons. The fraction of sp³-hybridized carbons (Fsp3) is 0.286. The first-order valence-electron chi connectivity index (χ1n) is 8.47. The van der Waals surface area contributed by atoms with Gasteiger partial charge in [-0.25, -0.2) is 4.79 Å². The van der Waals surface area contributed by atoms with Crippen molar-refractivity contribution in [2.45, 2.75) is 26.2 Å². The van der Waals surface area contributed by atoms with Crippen molar-refractivity contribution in [2.24, 2.45) is 0 Å². The van der Waals surface area contributed by atoms with E-state index < -0.39 is 5.97 Å². The first-order chi connectivity index (χ1) is 12.2. The van der Waals surface area contributed by atoms with Crippen molar-refractivity contribution in [3.05, 3.63) is 59.7 Å². The molecule has 0 aliphatic carbocycles. The van der Waals surface area contributed by atoms with E-state index in [1.54, 1.807) is 37.5 Å². The van der Waals surface area contributed by atoms with Gasteiger partial charge in [-0.15, -0.1) is 0 Å². The molecule has 0 radical (unpaired) electrons. The van der Waals surface area contributed by atoms with Gasteiger partial charge in [0.2, 0.25) is 0 Å². The summed E-state index contributed by atoms with van der Waals surface area (Å²) in [4.78, 5) is 11.8. The third-order valence-electron chi connectivity index (χ3n) is 3.84. The quantitative estimate of drug-likeness (QED) is 0.401. The molecule has 25 heavy (non-hydrogen) atoms. The molecule has 0 aromatic heterocycles. The second-order valence-corrected chi connectivity index (χ2v) is 5.69. The maximum absolute atomic E-state index is 11.8. The summed E-state index contributed by atoms with van der Waals surface area (Å²) in [5, 5.41) is 9.64. The average molecular weight is 340 g/mol.